The average Bonchev–Trinajstić information content (AvgIpc) is 1.37. The van der Waals surface area contributed by atoms with Crippen LogP contribution in [0.15, 0.2) is 10.1 Å². The number of rotatable bonds is 0. The van der Waals surface area contributed by atoms with Crippen LogP contribution in [0, 0.1) is 0 Å². The molecule has 0 atom stereocenters. The van der Waals surface area contributed by atoms with Crippen molar-refractivity contribution < 1.29 is 0 Å². The van der Waals surface area contributed by atoms with E-state index in [1.165, 1.54) is 0 Å². The Kier molecular flexibility index (Phi) is 4.15. The molecule has 0 fully saturated rings. The molecule has 0 unspecified atom stereocenters. The summed E-state index contributed by atoms with van der Waals surface area (Å²) in [6, 6.07) is 0. The van der Waals surface area contributed by atoms with Crippen molar-refractivity contribution in [3.05, 3.63) is 10.1 Å². The van der Waals surface area contributed by atoms with Gasteiger partial charge in [0.15, 0.2) is 0 Å². The Bertz CT molecular complexity index is 21.2. The zero-order chi connectivity index (χ0) is 3.41. The Morgan fingerprint density at radius 3 is 2.00 bits per heavy atom. The van der Waals surface area contributed by atoms with Crippen LogP contribution in [0.2, 0.25) is 0 Å². The first kappa shape index (κ1) is 4.60. The molecular formula is C2H5BSn. The third-order valence-corrected chi connectivity index (χ3v) is 1.29. The Morgan fingerprint density at radius 1 is 1.75 bits per heavy atom. The molecule has 4 heavy (non-hydrogen) atoms. The molecule has 0 aliphatic carbocycles. The summed E-state index contributed by atoms with van der Waals surface area (Å²) in [6.45, 7) is 0. The summed E-state index contributed by atoms with van der Waals surface area (Å²) in [6.07, 6.45) is 0. The van der Waals surface area contributed by atoms with Gasteiger partial charge in [-0.05, 0) is 0 Å². The van der Waals surface area contributed by atoms with Crippen molar-refractivity contribution >= 4 is 30.4 Å². The molecule has 20 valence electrons. The summed E-state index contributed by atoms with van der Waals surface area (Å²) in [7, 11) is 4.90. The van der Waals surface area contributed by atoms with E-state index in [0.717, 1.165) is 0 Å². The molecule has 0 aromatic carbocycles. The topological polar surface area (TPSA) is 0 Å². The van der Waals surface area contributed by atoms with Gasteiger partial charge in [0.2, 0.25) is 0 Å². The second-order valence-corrected chi connectivity index (χ2v) is 2.43. The first-order chi connectivity index (χ1) is 1.91. The van der Waals surface area contributed by atoms with Gasteiger partial charge in [-0.15, -0.1) is 0 Å². The third kappa shape index (κ3) is 2.60. The first-order valence-electron chi connectivity index (χ1n) is 1.24. The van der Waals surface area contributed by atoms with E-state index in [1.54, 1.807) is 5.98 Å². The second-order valence-electron chi connectivity index (χ2n) is 0.526. The van der Waals surface area contributed by atoms with Crippen LogP contribution in [-0.2, 0) is 0 Å². The van der Waals surface area contributed by atoms with Gasteiger partial charge in [0, 0.05) is 0 Å². The molecule has 0 aromatic heterocycles. The van der Waals surface area contributed by atoms with E-state index in [9.17, 15) is 0 Å². The Labute approximate surface area is 40.8 Å². The molecule has 2 heteroatoms. The molecule has 0 aliphatic rings. The van der Waals surface area contributed by atoms with Crippen molar-refractivity contribution in [2.75, 3.05) is 0 Å². The summed E-state index contributed by atoms with van der Waals surface area (Å²) in [5.41, 5.74) is 0. The molecule has 0 aliphatic heterocycles. The van der Waals surface area contributed by atoms with Crippen molar-refractivity contribution in [2.45, 2.75) is 0 Å². The fourth-order valence-electron chi connectivity index (χ4n) is 0. The zero-order valence-electron chi connectivity index (χ0n) is 2.73. The third-order valence-electron chi connectivity index (χ3n) is 0.192. The average molecular weight is 159 g/mol. The zero-order valence-corrected chi connectivity index (χ0v) is 8.44. The molecule has 0 spiro atoms. The summed E-state index contributed by atoms with van der Waals surface area (Å²) >= 11 is 0.679. The van der Waals surface area contributed by atoms with Gasteiger partial charge in [-0.25, -0.2) is 0 Å². The van der Waals surface area contributed by atoms with Gasteiger partial charge in [0.05, 0.1) is 0 Å². The predicted molar refractivity (Wildman–Crippen MR) is 24.8 cm³/mol. The van der Waals surface area contributed by atoms with Crippen LogP contribution in [0.25, 0.3) is 0 Å². The van der Waals surface area contributed by atoms with Gasteiger partial charge in [-0.1, -0.05) is 0 Å². The van der Waals surface area contributed by atoms with Crippen LogP contribution < -0.4 is 0 Å². The van der Waals surface area contributed by atoms with Gasteiger partial charge < -0.3 is 0 Å². The van der Waals surface area contributed by atoms with Crippen molar-refractivity contribution in [1.29, 1.82) is 0 Å². The fourth-order valence-corrected chi connectivity index (χ4v) is 0. The van der Waals surface area contributed by atoms with Crippen molar-refractivity contribution in [3.8, 4) is 0 Å². The van der Waals surface area contributed by atoms with Gasteiger partial charge in [0.25, 0.3) is 0 Å². The Hall–Kier alpha value is 0.604. The predicted octanol–water partition coefficient (Wildman–Crippen LogP) is -1.01. The van der Waals surface area contributed by atoms with Gasteiger partial charge in [-0.2, -0.15) is 0 Å². The standard InChI is InChI=1S/C2H2B.Sn.3H/c1-2-3;;;;/h1-2H;;;;. The summed E-state index contributed by atoms with van der Waals surface area (Å²) in [5, 5.41) is 0. The molecule has 0 bridgehead atoms. The molecule has 0 amide bonds. The summed E-state index contributed by atoms with van der Waals surface area (Å²) < 4.78 is 1.99. The van der Waals surface area contributed by atoms with Crippen LogP contribution in [0.1, 0.15) is 0 Å². The number of hydrogen-bond acceptors (Lipinski definition) is 0. The van der Waals surface area contributed by atoms with E-state index >= 15 is 0 Å². The molecule has 0 aromatic rings. The molecule has 2 radical (unpaired) electrons. The summed E-state index contributed by atoms with van der Waals surface area (Å²) in [5.74, 6) is 1.59. The first-order valence-corrected chi connectivity index (χ1v) is 4.54. The molecule has 0 N–H and O–H groups in total. The molecule has 0 heterocycles. The Morgan fingerprint density at radius 2 is 2.00 bits per heavy atom. The van der Waals surface area contributed by atoms with E-state index in [-0.39, 0.29) is 0 Å². The van der Waals surface area contributed by atoms with E-state index in [4.69, 9.17) is 7.85 Å². The van der Waals surface area contributed by atoms with E-state index in [1.807, 2.05) is 4.09 Å². The molecular weight excluding hydrogens is 154 g/mol. The van der Waals surface area contributed by atoms with Gasteiger partial charge in [-0.3, -0.25) is 0 Å². The second kappa shape index (κ2) is 3.60. The SMILES string of the molecule is [B]/C=[CH]/[SnH3]. The van der Waals surface area contributed by atoms with E-state index < -0.39 is 0 Å². The van der Waals surface area contributed by atoms with Crippen LogP contribution in [0.4, 0.5) is 0 Å². The maximum atomic E-state index is 4.90. The van der Waals surface area contributed by atoms with Gasteiger partial charge >= 0.3 is 40.4 Å². The molecule has 0 nitrogen and oxygen atoms in total. The van der Waals surface area contributed by atoms with Crippen LogP contribution in [0.5, 0.6) is 0 Å². The number of hydrogen-bond donors (Lipinski definition) is 0. The van der Waals surface area contributed by atoms with Crippen LogP contribution in [0.3, 0.4) is 0 Å². The minimum absolute atomic E-state index is 0.679. The van der Waals surface area contributed by atoms with Crippen molar-refractivity contribution in [2.24, 2.45) is 0 Å². The Balaban J connectivity index is 2.55. The monoisotopic (exact) mass is 160 g/mol. The van der Waals surface area contributed by atoms with Crippen molar-refractivity contribution in [3.63, 3.8) is 0 Å². The molecule has 0 saturated carbocycles. The van der Waals surface area contributed by atoms with Crippen LogP contribution >= 0.6 is 0 Å². The van der Waals surface area contributed by atoms with E-state index in [2.05, 4.69) is 0 Å². The fraction of sp³-hybridized carbons (Fsp3) is 0. The van der Waals surface area contributed by atoms with E-state index in [0.29, 0.717) is 22.5 Å². The maximum absolute atomic E-state index is 4.90. The van der Waals surface area contributed by atoms with Gasteiger partial charge in [0.1, 0.15) is 0 Å². The molecule has 0 rings (SSSR count). The minimum atomic E-state index is 0.679. The van der Waals surface area contributed by atoms with Crippen molar-refractivity contribution in [1.82, 2.24) is 0 Å². The normalized spacial score (nSPS) is 10.0. The quantitative estimate of drug-likeness (QED) is 0.397. The summed E-state index contributed by atoms with van der Waals surface area (Å²) in [4.78, 5) is 0. The van der Waals surface area contributed by atoms with Crippen LogP contribution in [-0.4, -0.2) is 30.4 Å². The molecule has 0 saturated heterocycles.